The highest BCUT2D eigenvalue weighted by Gasteiger charge is 2.36. The van der Waals surface area contributed by atoms with Crippen LogP contribution in [0.5, 0.6) is 0 Å². The third-order valence-electron chi connectivity index (χ3n) is 4.46. The number of anilines is 1. The van der Waals surface area contributed by atoms with Crippen LogP contribution in [0, 0.1) is 5.82 Å². The predicted octanol–water partition coefficient (Wildman–Crippen LogP) is 2.56. The molecule has 1 amide bonds. The van der Waals surface area contributed by atoms with Gasteiger partial charge in [0.2, 0.25) is 0 Å². The van der Waals surface area contributed by atoms with Crippen molar-refractivity contribution >= 4 is 11.8 Å². The predicted molar refractivity (Wildman–Crippen MR) is 86.6 cm³/mol. The molecule has 5 nitrogen and oxygen atoms in total. The zero-order chi connectivity index (χ0) is 16.8. The number of benzene rings is 1. The SMILES string of the molecule is CC(C)(C)OC(=O)N1CCN2CCc3c(ccc(N)c3F)[C@H]2C1. The number of hydrogen-bond donors (Lipinski definition) is 1. The fourth-order valence-electron chi connectivity index (χ4n) is 3.35. The molecule has 0 bridgehead atoms. The number of ether oxygens (including phenoxy) is 1. The lowest BCUT2D eigenvalue weighted by Gasteiger charge is -2.45. The Morgan fingerprint density at radius 2 is 2.04 bits per heavy atom. The largest absolute Gasteiger partial charge is 0.444 e. The zero-order valence-corrected chi connectivity index (χ0v) is 13.9. The Balaban J connectivity index is 1.82. The minimum absolute atomic E-state index is 0.00937. The number of halogens is 1. The van der Waals surface area contributed by atoms with E-state index in [9.17, 15) is 9.18 Å². The first kappa shape index (κ1) is 16.1. The molecule has 0 aromatic heterocycles. The molecule has 126 valence electrons. The normalized spacial score (nSPS) is 21.6. The van der Waals surface area contributed by atoms with Gasteiger partial charge < -0.3 is 15.4 Å². The molecular formula is C17H24FN3O2. The molecule has 2 aliphatic rings. The third kappa shape index (κ3) is 3.13. The second-order valence-corrected chi connectivity index (χ2v) is 7.26. The highest BCUT2D eigenvalue weighted by molar-refractivity contribution is 5.68. The van der Waals surface area contributed by atoms with Crippen molar-refractivity contribution in [3.63, 3.8) is 0 Å². The van der Waals surface area contributed by atoms with Gasteiger partial charge in [-0.1, -0.05) is 6.07 Å². The minimum atomic E-state index is -0.515. The van der Waals surface area contributed by atoms with Crippen LogP contribution in [0.2, 0.25) is 0 Å². The van der Waals surface area contributed by atoms with Crippen LogP contribution in [0.25, 0.3) is 0 Å². The number of amides is 1. The monoisotopic (exact) mass is 321 g/mol. The molecule has 0 saturated carbocycles. The average molecular weight is 321 g/mol. The van der Waals surface area contributed by atoms with Crippen molar-refractivity contribution in [3.05, 3.63) is 29.1 Å². The molecule has 0 radical (unpaired) electrons. The minimum Gasteiger partial charge on any atom is -0.444 e. The molecule has 0 spiro atoms. The van der Waals surface area contributed by atoms with Gasteiger partial charge in [0.25, 0.3) is 0 Å². The standard InChI is InChI=1S/C17H24FN3O2/c1-17(2,3)23-16(22)21-9-8-20-7-6-12-11(14(20)10-21)4-5-13(19)15(12)18/h4-5,14H,6-10,19H2,1-3H3/t14-/m1/s1. The van der Waals surface area contributed by atoms with E-state index in [0.29, 0.717) is 25.1 Å². The summed E-state index contributed by atoms with van der Waals surface area (Å²) in [5, 5.41) is 0. The Labute approximate surface area is 136 Å². The lowest BCUT2D eigenvalue weighted by molar-refractivity contribution is 0.00182. The Kier molecular flexibility index (Phi) is 3.96. The molecule has 2 aliphatic heterocycles. The van der Waals surface area contributed by atoms with Gasteiger partial charge in [-0.3, -0.25) is 4.90 Å². The molecule has 1 atom stereocenters. The van der Waals surface area contributed by atoms with Gasteiger partial charge in [-0.25, -0.2) is 9.18 Å². The van der Waals surface area contributed by atoms with Gasteiger partial charge in [-0.2, -0.15) is 0 Å². The second-order valence-electron chi connectivity index (χ2n) is 7.26. The molecule has 1 saturated heterocycles. The van der Waals surface area contributed by atoms with Crippen molar-refractivity contribution < 1.29 is 13.9 Å². The summed E-state index contributed by atoms with van der Waals surface area (Å²) < 4.78 is 19.7. The summed E-state index contributed by atoms with van der Waals surface area (Å²) in [6.07, 6.45) is 0.356. The zero-order valence-electron chi connectivity index (χ0n) is 13.9. The van der Waals surface area contributed by atoms with Crippen molar-refractivity contribution in [1.82, 2.24) is 9.80 Å². The number of carbonyl (C=O) groups is 1. The number of nitrogens with two attached hydrogens (primary N) is 1. The number of carbonyl (C=O) groups excluding carboxylic acids is 1. The van der Waals surface area contributed by atoms with Gasteiger partial charge in [0.1, 0.15) is 11.4 Å². The van der Waals surface area contributed by atoms with E-state index in [2.05, 4.69) is 4.90 Å². The van der Waals surface area contributed by atoms with Gasteiger partial charge in [-0.05, 0) is 44.4 Å². The quantitative estimate of drug-likeness (QED) is 0.746. The number of fused-ring (bicyclic) bond motifs is 3. The van der Waals surface area contributed by atoms with Crippen molar-refractivity contribution in [2.24, 2.45) is 0 Å². The summed E-state index contributed by atoms with van der Waals surface area (Å²) in [6, 6.07) is 3.52. The smallest absolute Gasteiger partial charge is 0.410 e. The molecule has 23 heavy (non-hydrogen) atoms. The van der Waals surface area contributed by atoms with Crippen LogP contribution in [0.4, 0.5) is 14.9 Å². The van der Waals surface area contributed by atoms with Gasteiger partial charge in [0.05, 0.1) is 11.7 Å². The maximum absolute atomic E-state index is 14.3. The van der Waals surface area contributed by atoms with Gasteiger partial charge >= 0.3 is 6.09 Å². The van der Waals surface area contributed by atoms with Crippen LogP contribution in [-0.2, 0) is 11.2 Å². The Morgan fingerprint density at radius 1 is 1.30 bits per heavy atom. The van der Waals surface area contributed by atoms with Crippen molar-refractivity contribution in [1.29, 1.82) is 0 Å². The summed E-state index contributed by atoms with van der Waals surface area (Å²) in [7, 11) is 0. The van der Waals surface area contributed by atoms with E-state index in [1.54, 1.807) is 11.0 Å². The second kappa shape index (κ2) is 5.67. The molecule has 0 unspecified atom stereocenters. The lowest BCUT2D eigenvalue weighted by atomic mass is 9.90. The first-order chi connectivity index (χ1) is 10.8. The van der Waals surface area contributed by atoms with E-state index in [0.717, 1.165) is 18.7 Å². The molecule has 2 heterocycles. The molecular weight excluding hydrogens is 297 g/mol. The summed E-state index contributed by atoms with van der Waals surface area (Å²) >= 11 is 0. The third-order valence-corrected chi connectivity index (χ3v) is 4.46. The van der Waals surface area contributed by atoms with Gasteiger partial charge in [0.15, 0.2) is 0 Å². The van der Waals surface area contributed by atoms with E-state index in [1.807, 2.05) is 26.8 Å². The number of hydrogen-bond acceptors (Lipinski definition) is 4. The maximum atomic E-state index is 14.3. The lowest BCUT2D eigenvalue weighted by Crippen LogP contribution is -2.53. The van der Waals surface area contributed by atoms with Crippen LogP contribution < -0.4 is 5.73 Å². The van der Waals surface area contributed by atoms with E-state index in [4.69, 9.17) is 10.5 Å². The average Bonchev–Trinajstić information content (AvgIpc) is 2.48. The molecule has 1 fully saturated rings. The van der Waals surface area contributed by atoms with Crippen LogP contribution in [0.1, 0.15) is 37.9 Å². The first-order valence-electron chi connectivity index (χ1n) is 8.05. The molecule has 2 N–H and O–H groups in total. The summed E-state index contributed by atoms with van der Waals surface area (Å²) in [4.78, 5) is 16.3. The van der Waals surface area contributed by atoms with E-state index < -0.39 is 5.60 Å². The summed E-state index contributed by atoms with van der Waals surface area (Å²) in [6.45, 7) is 8.29. The number of nitrogens with zero attached hydrogens (tertiary/aromatic N) is 2. The van der Waals surface area contributed by atoms with Gasteiger partial charge in [-0.15, -0.1) is 0 Å². The van der Waals surface area contributed by atoms with Crippen LogP contribution in [0.15, 0.2) is 12.1 Å². The van der Waals surface area contributed by atoms with Crippen molar-refractivity contribution in [3.8, 4) is 0 Å². The van der Waals surface area contributed by atoms with Gasteiger partial charge in [0, 0.05) is 26.2 Å². The van der Waals surface area contributed by atoms with E-state index >= 15 is 0 Å². The van der Waals surface area contributed by atoms with Crippen molar-refractivity contribution in [2.45, 2.75) is 38.8 Å². The molecule has 0 aliphatic carbocycles. The Bertz CT molecular complexity index is 627. The first-order valence-corrected chi connectivity index (χ1v) is 8.05. The topological polar surface area (TPSA) is 58.8 Å². The van der Waals surface area contributed by atoms with Crippen LogP contribution in [-0.4, -0.2) is 47.7 Å². The molecule has 3 rings (SSSR count). The van der Waals surface area contributed by atoms with Crippen LogP contribution in [0.3, 0.4) is 0 Å². The van der Waals surface area contributed by atoms with Crippen LogP contribution >= 0.6 is 0 Å². The fraction of sp³-hybridized carbons (Fsp3) is 0.588. The fourth-order valence-corrected chi connectivity index (χ4v) is 3.35. The van der Waals surface area contributed by atoms with E-state index in [1.165, 1.54) is 0 Å². The maximum Gasteiger partial charge on any atom is 0.410 e. The van der Waals surface area contributed by atoms with Crippen molar-refractivity contribution in [2.75, 3.05) is 31.9 Å². The summed E-state index contributed by atoms with van der Waals surface area (Å²) in [5.41, 5.74) is 6.99. The van der Waals surface area contributed by atoms with E-state index in [-0.39, 0.29) is 23.6 Å². The number of piperazine rings is 1. The Morgan fingerprint density at radius 3 is 2.74 bits per heavy atom. The molecule has 1 aromatic carbocycles. The molecule has 1 aromatic rings. The number of nitrogen functional groups attached to an aromatic ring is 1. The molecule has 6 heteroatoms. The number of rotatable bonds is 0. The highest BCUT2D eigenvalue weighted by atomic mass is 19.1. The summed E-state index contributed by atoms with van der Waals surface area (Å²) in [5.74, 6) is -0.309. The Hall–Kier alpha value is -1.82. The highest BCUT2D eigenvalue weighted by Crippen LogP contribution is 2.35.